The van der Waals surface area contributed by atoms with Gasteiger partial charge in [-0.2, -0.15) is 0 Å². The lowest BCUT2D eigenvalue weighted by Crippen LogP contribution is -2.46. The number of hydrogen-bond acceptors (Lipinski definition) is 4. The highest BCUT2D eigenvalue weighted by Crippen LogP contribution is 2.42. The molecule has 4 nitrogen and oxygen atoms in total. The lowest BCUT2D eigenvalue weighted by atomic mass is 9.79. The normalized spacial score (nSPS) is 23.1. The molecule has 1 aliphatic rings. The lowest BCUT2D eigenvalue weighted by molar-refractivity contribution is -0.174. The molecule has 4 heteroatoms. The molecular formula is C23H37NO3. The van der Waals surface area contributed by atoms with Crippen molar-refractivity contribution in [1.29, 1.82) is 0 Å². The molecule has 0 bridgehead atoms. The molecule has 0 aliphatic carbocycles. The third kappa shape index (κ3) is 5.31. The molecule has 1 aromatic heterocycles. The van der Waals surface area contributed by atoms with Crippen LogP contribution in [-0.4, -0.2) is 22.3 Å². The van der Waals surface area contributed by atoms with E-state index in [-0.39, 0.29) is 11.9 Å². The summed E-state index contributed by atoms with van der Waals surface area (Å²) >= 11 is 0. The van der Waals surface area contributed by atoms with Gasteiger partial charge in [0.1, 0.15) is 0 Å². The number of hydrogen-bond donors (Lipinski definition) is 0. The first kappa shape index (κ1) is 21.9. The molecule has 2 rings (SSSR count). The van der Waals surface area contributed by atoms with Gasteiger partial charge in [-0.3, -0.25) is 4.98 Å². The maximum absolute atomic E-state index is 12.9. The van der Waals surface area contributed by atoms with Crippen molar-refractivity contribution < 1.29 is 14.3 Å². The van der Waals surface area contributed by atoms with E-state index in [1.165, 1.54) is 11.1 Å². The molecule has 1 aromatic rings. The van der Waals surface area contributed by atoms with E-state index in [0.717, 1.165) is 25.0 Å². The minimum absolute atomic E-state index is 0.0500. The van der Waals surface area contributed by atoms with Gasteiger partial charge in [0.25, 0.3) is 0 Å². The van der Waals surface area contributed by atoms with Gasteiger partial charge in [-0.1, -0.05) is 34.6 Å². The largest absolute Gasteiger partial charge is 0.431 e. The van der Waals surface area contributed by atoms with E-state index in [4.69, 9.17) is 9.47 Å². The van der Waals surface area contributed by atoms with Gasteiger partial charge in [-0.05, 0) is 61.1 Å². The first-order valence-electron chi connectivity index (χ1n) is 10.3. The number of pyridine rings is 1. The minimum atomic E-state index is -0.967. The number of carbonyl (C=O) groups is 1. The van der Waals surface area contributed by atoms with Crippen LogP contribution in [0.1, 0.15) is 78.1 Å². The SMILES string of the molecule is Cc1cnc(C[C@]2([C@@H](C)CC(C)C)OC(C)(C)OC2=O)cc1CCC(C)C. The smallest absolute Gasteiger partial charge is 0.341 e. The first-order valence-corrected chi connectivity index (χ1v) is 10.3. The molecule has 0 amide bonds. The van der Waals surface area contributed by atoms with Crippen molar-refractivity contribution in [3.63, 3.8) is 0 Å². The predicted octanol–water partition coefficient (Wildman–Crippen LogP) is 5.25. The van der Waals surface area contributed by atoms with Crippen molar-refractivity contribution >= 4 is 5.97 Å². The van der Waals surface area contributed by atoms with E-state index in [1.807, 2.05) is 20.0 Å². The van der Waals surface area contributed by atoms with Gasteiger partial charge < -0.3 is 9.47 Å². The van der Waals surface area contributed by atoms with Crippen molar-refractivity contribution in [2.75, 3.05) is 0 Å². The van der Waals surface area contributed by atoms with E-state index in [1.54, 1.807) is 0 Å². The van der Waals surface area contributed by atoms with Crippen LogP contribution in [0.5, 0.6) is 0 Å². The summed E-state index contributed by atoms with van der Waals surface area (Å²) in [6, 6.07) is 2.16. The highest BCUT2D eigenvalue weighted by atomic mass is 16.8. The lowest BCUT2D eigenvalue weighted by Gasteiger charge is -2.33. The number of aromatic nitrogens is 1. The van der Waals surface area contributed by atoms with Crippen LogP contribution >= 0.6 is 0 Å². The summed E-state index contributed by atoms with van der Waals surface area (Å²) in [5.74, 6) is 0.0331. The van der Waals surface area contributed by atoms with Crippen molar-refractivity contribution in [3.05, 3.63) is 29.1 Å². The summed E-state index contributed by atoms with van der Waals surface area (Å²) in [5.41, 5.74) is 2.46. The van der Waals surface area contributed by atoms with Crippen LogP contribution in [0, 0.1) is 24.7 Å². The molecule has 27 heavy (non-hydrogen) atoms. The molecule has 0 aromatic carbocycles. The molecule has 2 atom stereocenters. The molecule has 1 fully saturated rings. The van der Waals surface area contributed by atoms with Crippen LogP contribution in [0.4, 0.5) is 0 Å². The Hall–Kier alpha value is -1.42. The van der Waals surface area contributed by atoms with Crippen LogP contribution < -0.4 is 0 Å². The zero-order chi connectivity index (χ0) is 20.4. The second-order valence-corrected chi connectivity index (χ2v) is 9.52. The van der Waals surface area contributed by atoms with Crippen LogP contribution in [0.25, 0.3) is 0 Å². The van der Waals surface area contributed by atoms with Crippen molar-refractivity contribution in [2.24, 2.45) is 17.8 Å². The fourth-order valence-corrected chi connectivity index (χ4v) is 3.99. The molecule has 1 saturated heterocycles. The Balaban J connectivity index is 2.33. The van der Waals surface area contributed by atoms with Crippen molar-refractivity contribution in [2.45, 2.75) is 92.5 Å². The average Bonchev–Trinajstić information content (AvgIpc) is 2.76. The third-order valence-electron chi connectivity index (χ3n) is 5.44. The molecule has 1 aliphatic heterocycles. The predicted molar refractivity (Wildman–Crippen MR) is 108 cm³/mol. The Morgan fingerprint density at radius 2 is 1.78 bits per heavy atom. The summed E-state index contributed by atoms with van der Waals surface area (Å²) in [5, 5.41) is 0. The molecular weight excluding hydrogens is 338 g/mol. The number of cyclic esters (lactones) is 1. The second kappa shape index (κ2) is 8.30. The molecule has 152 valence electrons. The number of carbonyl (C=O) groups excluding carboxylic acids is 1. The maximum Gasteiger partial charge on any atom is 0.341 e. The number of nitrogens with zero attached hydrogens (tertiary/aromatic N) is 1. The Morgan fingerprint density at radius 1 is 1.11 bits per heavy atom. The maximum atomic E-state index is 12.9. The summed E-state index contributed by atoms with van der Waals surface area (Å²) in [7, 11) is 0. The topological polar surface area (TPSA) is 48.4 Å². The van der Waals surface area contributed by atoms with Gasteiger partial charge in [0.15, 0.2) is 5.60 Å². The zero-order valence-electron chi connectivity index (χ0n) is 18.4. The van der Waals surface area contributed by atoms with Crippen molar-refractivity contribution in [3.8, 4) is 0 Å². The molecule has 0 N–H and O–H groups in total. The molecule has 0 saturated carbocycles. The van der Waals surface area contributed by atoms with E-state index in [9.17, 15) is 4.79 Å². The highest BCUT2D eigenvalue weighted by Gasteiger charge is 2.57. The highest BCUT2D eigenvalue weighted by molar-refractivity contribution is 5.82. The van der Waals surface area contributed by atoms with Crippen LogP contribution in [0.3, 0.4) is 0 Å². The first-order chi connectivity index (χ1) is 12.4. The van der Waals surface area contributed by atoms with Gasteiger partial charge in [-0.15, -0.1) is 0 Å². The Kier molecular flexibility index (Phi) is 6.72. The second-order valence-electron chi connectivity index (χ2n) is 9.52. The van der Waals surface area contributed by atoms with Gasteiger partial charge in [0.2, 0.25) is 5.79 Å². The Bertz CT molecular complexity index is 666. The summed E-state index contributed by atoms with van der Waals surface area (Å²) in [4.78, 5) is 17.6. The fraction of sp³-hybridized carbons (Fsp3) is 0.739. The summed E-state index contributed by atoms with van der Waals surface area (Å²) in [6.45, 7) is 16.6. The summed E-state index contributed by atoms with van der Waals surface area (Å²) in [6.07, 6.45) is 5.46. The van der Waals surface area contributed by atoms with Crippen molar-refractivity contribution in [1.82, 2.24) is 4.98 Å². The number of aryl methyl sites for hydroxylation is 2. The Labute approximate surface area is 165 Å². The van der Waals surface area contributed by atoms with E-state index >= 15 is 0 Å². The van der Waals surface area contributed by atoms with Gasteiger partial charge in [0, 0.05) is 32.2 Å². The molecule has 0 unspecified atom stereocenters. The number of ether oxygens (including phenoxy) is 2. The Morgan fingerprint density at radius 3 is 2.30 bits per heavy atom. The van der Waals surface area contributed by atoms with Crippen LogP contribution in [0.2, 0.25) is 0 Å². The van der Waals surface area contributed by atoms with E-state index in [0.29, 0.717) is 18.3 Å². The van der Waals surface area contributed by atoms with E-state index < -0.39 is 11.4 Å². The van der Waals surface area contributed by atoms with Gasteiger partial charge in [0.05, 0.1) is 0 Å². The summed E-state index contributed by atoms with van der Waals surface area (Å²) < 4.78 is 11.9. The number of rotatable bonds is 8. The average molecular weight is 376 g/mol. The molecule has 0 spiro atoms. The van der Waals surface area contributed by atoms with Crippen LogP contribution in [0.15, 0.2) is 12.3 Å². The van der Waals surface area contributed by atoms with Gasteiger partial charge in [-0.25, -0.2) is 4.79 Å². The molecule has 2 heterocycles. The third-order valence-corrected chi connectivity index (χ3v) is 5.44. The van der Waals surface area contributed by atoms with Gasteiger partial charge >= 0.3 is 5.97 Å². The van der Waals surface area contributed by atoms with E-state index in [2.05, 4.69) is 52.6 Å². The fourth-order valence-electron chi connectivity index (χ4n) is 3.99. The standard InChI is InChI=1S/C23H37NO3/c1-15(2)9-10-19-12-20(24-14-17(19)5)13-23(18(6)11-16(3)4)21(25)26-22(7,8)27-23/h12,14-16,18H,9-11,13H2,1-8H3/t18-,23+/m0/s1. The minimum Gasteiger partial charge on any atom is -0.431 e. The quantitative estimate of drug-likeness (QED) is 0.582. The van der Waals surface area contributed by atoms with Crippen LogP contribution in [-0.2, 0) is 27.1 Å². The number of esters is 1. The monoisotopic (exact) mass is 375 g/mol. The molecule has 0 radical (unpaired) electrons. The zero-order valence-corrected chi connectivity index (χ0v) is 18.4.